The third kappa shape index (κ3) is 8.55. The molecule has 0 amide bonds. The molecule has 30 heavy (non-hydrogen) atoms. The van der Waals surface area contributed by atoms with Crippen LogP contribution >= 0.6 is 24.8 Å². The van der Waals surface area contributed by atoms with Gasteiger partial charge in [0.05, 0.1) is 0 Å². The van der Waals surface area contributed by atoms with Crippen LogP contribution in [0.25, 0.3) is 10.8 Å². The molecule has 0 spiro atoms. The van der Waals surface area contributed by atoms with E-state index in [0.29, 0.717) is 0 Å². The number of halogens is 2. The topological polar surface area (TPSA) is 0 Å². The van der Waals surface area contributed by atoms with E-state index in [1.54, 1.807) is 0 Å². The average molecular weight is 483 g/mol. The molecule has 0 fully saturated rings. The Morgan fingerprint density at radius 2 is 1.30 bits per heavy atom. The van der Waals surface area contributed by atoms with Crippen LogP contribution in [0.5, 0.6) is 0 Å². The van der Waals surface area contributed by atoms with Gasteiger partial charge in [-0.1, -0.05) is 6.07 Å². The Balaban J connectivity index is 0.000000242. The Kier molecular flexibility index (Phi) is 13.3. The Morgan fingerprint density at radius 3 is 1.77 bits per heavy atom. The maximum absolute atomic E-state index is 2.99. The van der Waals surface area contributed by atoms with Gasteiger partial charge in [-0.3, -0.25) is 6.08 Å². The molecule has 0 radical (unpaired) electrons. The minimum Gasteiger partial charge on any atom is -0.168 e. The Morgan fingerprint density at radius 1 is 0.733 bits per heavy atom. The minimum absolute atomic E-state index is 0. The van der Waals surface area contributed by atoms with Gasteiger partial charge in [0.1, 0.15) is 0 Å². The fourth-order valence-electron chi connectivity index (χ4n) is 2.79. The Hall–Kier alpha value is -1.74. The number of rotatable bonds is 2. The van der Waals surface area contributed by atoms with Crippen molar-refractivity contribution in [1.82, 2.24) is 0 Å². The van der Waals surface area contributed by atoms with Crippen LogP contribution < -0.4 is 10.4 Å². The third-order valence-electron chi connectivity index (χ3n) is 4.26. The molecule has 4 heteroatoms. The molecule has 0 atom stereocenters. The molecule has 0 nitrogen and oxygen atoms in total. The predicted octanol–water partition coefficient (Wildman–Crippen LogP) is 6.05. The van der Waals surface area contributed by atoms with E-state index in [4.69, 9.17) is 0 Å². The van der Waals surface area contributed by atoms with Crippen LogP contribution in [0, 0.1) is 6.08 Å². The van der Waals surface area contributed by atoms with Crippen molar-refractivity contribution in [3.05, 3.63) is 127 Å². The molecule has 150 valence electrons. The van der Waals surface area contributed by atoms with Crippen molar-refractivity contribution in [2.24, 2.45) is 0 Å². The minimum atomic E-state index is -0.545. The maximum atomic E-state index is 2.99. The smallest absolute Gasteiger partial charge is 0.0809 e. The van der Waals surface area contributed by atoms with Gasteiger partial charge < -0.3 is 0 Å². The van der Waals surface area contributed by atoms with E-state index in [1.807, 2.05) is 12.2 Å². The fourth-order valence-corrected chi connectivity index (χ4v) is 5.73. The van der Waals surface area contributed by atoms with Crippen molar-refractivity contribution >= 4 is 52.1 Å². The van der Waals surface area contributed by atoms with Crippen LogP contribution in [-0.4, -0.2) is 6.19 Å². The molecule has 0 aromatic heterocycles. The van der Waals surface area contributed by atoms with Gasteiger partial charge in [0, 0.05) is 0 Å². The summed E-state index contributed by atoms with van der Waals surface area (Å²) in [6.07, 6.45) is 9.46. The molecule has 1 aliphatic carbocycles. The summed E-state index contributed by atoms with van der Waals surface area (Å²) in [6.45, 7) is 0. The van der Waals surface area contributed by atoms with Gasteiger partial charge in [0.25, 0.3) is 0 Å². The normalized spacial score (nSPS) is 10.6. The second-order valence-electron chi connectivity index (χ2n) is 6.26. The summed E-state index contributed by atoms with van der Waals surface area (Å²) in [6, 6.07) is 36.2. The van der Waals surface area contributed by atoms with E-state index >= 15 is 0 Å². The first-order valence-corrected chi connectivity index (χ1v) is 13.2. The molecule has 4 aromatic rings. The number of hydrogen-bond acceptors (Lipinski definition) is 0. The molecule has 0 unspecified atom stereocenters. The number of fused-ring (bicyclic) bond motifs is 1. The Bertz CT molecular complexity index is 972. The SMILES string of the molecule is Cl.Cl.[C-]1=CC=CC1.[Ti+2]=[Si](c1ccccc1)c1ccccc1.c1ccc2[cH-]ccc2c1. The van der Waals surface area contributed by atoms with Crippen molar-refractivity contribution in [2.75, 3.05) is 0 Å². The largest absolute Gasteiger partial charge is 0.168 e. The van der Waals surface area contributed by atoms with Crippen molar-refractivity contribution in [3.8, 4) is 0 Å². The van der Waals surface area contributed by atoms with Crippen molar-refractivity contribution in [1.29, 1.82) is 0 Å². The first kappa shape index (κ1) is 26.3. The van der Waals surface area contributed by atoms with Crippen LogP contribution in [0.4, 0.5) is 0 Å². The number of allylic oxidation sites excluding steroid dienone is 4. The zero-order valence-electron chi connectivity index (χ0n) is 16.6. The van der Waals surface area contributed by atoms with Gasteiger partial charge in [-0.15, -0.1) is 60.9 Å². The van der Waals surface area contributed by atoms with E-state index < -0.39 is 6.19 Å². The van der Waals surface area contributed by atoms with Crippen molar-refractivity contribution in [3.63, 3.8) is 0 Å². The summed E-state index contributed by atoms with van der Waals surface area (Å²) in [5.74, 6) is 0. The van der Waals surface area contributed by atoms with Crippen molar-refractivity contribution in [2.45, 2.75) is 6.42 Å². The molecule has 0 bridgehead atoms. The fraction of sp³-hybridized carbons (Fsp3) is 0.0385. The van der Waals surface area contributed by atoms with Crippen LogP contribution in [-0.2, 0) is 19.2 Å². The van der Waals surface area contributed by atoms with Crippen LogP contribution in [0.1, 0.15) is 6.42 Å². The van der Waals surface area contributed by atoms with Gasteiger partial charge in [0.2, 0.25) is 0 Å². The van der Waals surface area contributed by atoms with E-state index in [2.05, 4.69) is 134 Å². The zero-order chi connectivity index (χ0) is 19.4. The monoisotopic (exact) mass is 482 g/mol. The molecule has 0 saturated carbocycles. The van der Waals surface area contributed by atoms with E-state index in [-0.39, 0.29) is 24.8 Å². The van der Waals surface area contributed by atoms with Crippen LogP contribution in [0.15, 0.2) is 121 Å². The first-order valence-electron chi connectivity index (χ1n) is 9.36. The summed E-state index contributed by atoms with van der Waals surface area (Å²) < 4.78 is 0. The Labute approximate surface area is 204 Å². The summed E-state index contributed by atoms with van der Waals surface area (Å²) in [5, 5.41) is 5.61. The van der Waals surface area contributed by atoms with Crippen molar-refractivity contribution < 1.29 is 19.2 Å². The quantitative estimate of drug-likeness (QED) is 0.241. The molecular formula is C26H24Cl2SiTi. The maximum Gasteiger partial charge on any atom is -0.0809 e. The average Bonchev–Trinajstić information content (AvgIpc) is 3.50. The summed E-state index contributed by atoms with van der Waals surface area (Å²) in [7, 11) is 0. The third-order valence-corrected chi connectivity index (χ3v) is 8.78. The molecule has 4 aromatic carbocycles. The molecule has 0 heterocycles. The zero-order valence-corrected chi connectivity index (χ0v) is 20.8. The first-order chi connectivity index (χ1) is 13.8. The van der Waals surface area contributed by atoms with Crippen LogP contribution in [0.3, 0.4) is 0 Å². The second kappa shape index (κ2) is 15.1. The van der Waals surface area contributed by atoms with Crippen LogP contribution in [0.2, 0.25) is 0 Å². The molecule has 0 aliphatic heterocycles. The molecule has 1 aliphatic rings. The molecule has 0 saturated heterocycles. The standard InChI is InChI=1S/C12H10Si.C9H7.C5H5.2ClH.Ti/c1-3-7-11(8-4-1)13-12-9-5-2-6-10-12;1-2-5-9-7-3-6-8(9)4-1;1-2-4-5-3-1;;;/h1-10H;1-7H;1-3H,4H2;2*1H;/q;2*-1;;;+2. The second-order valence-corrected chi connectivity index (χ2v) is 10.5. The van der Waals surface area contributed by atoms with Gasteiger partial charge in [0.15, 0.2) is 0 Å². The predicted molar refractivity (Wildman–Crippen MR) is 134 cm³/mol. The molecular weight excluding hydrogens is 459 g/mol. The van der Waals surface area contributed by atoms with Gasteiger partial charge in [-0.2, -0.15) is 23.6 Å². The number of benzene rings is 3. The van der Waals surface area contributed by atoms with Gasteiger partial charge >= 0.3 is 96.4 Å². The van der Waals surface area contributed by atoms with E-state index in [1.165, 1.54) is 21.1 Å². The van der Waals surface area contributed by atoms with E-state index in [0.717, 1.165) is 6.42 Å². The molecule has 0 N–H and O–H groups in total. The summed E-state index contributed by atoms with van der Waals surface area (Å²) in [4.78, 5) is 0. The van der Waals surface area contributed by atoms with Gasteiger partial charge in [-0.25, -0.2) is 12.2 Å². The van der Waals surface area contributed by atoms with Gasteiger partial charge in [-0.05, 0) is 0 Å². The van der Waals surface area contributed by atoms with E-state index in [9.17, 15) is 0 Å². The summed E-state index contributed by atoms with van der Waals surface area (Å²) >= 11 is 2.34. The number of hydrogen-bond donors (Lipinski definition) is 0. The molecule has 5 rings (SSSR count). The summed E-state index contributed by atoms with van der Waals surface area (Å²) in [5.41, 5.74) is 0.